The molecule has 0 aromatic rings. The Morgan fingerprint density at radius 3 is 1.30 bits per heavy atom. The predicted molar refractivity (Wildman–Crippen MR) is 35.9 cm³/mol. The fourth-order valence-corrected chi connectivity index (χ4v) is 0. The fraction of sp³-hybridized carbons (Fsp3) is 1.00. The third-order valence-corrected chi connectivity index (χ3v) is 0.500. The Hall–Kier alpha value is 0.870. The maximum absolute atomic E-state index is 8.74. The van der Waals surface area contributed by atoms with Crippen molar-refractivity contribution < 1.29 is 48.5 Å². The van der Waals surface area contributed by atoms with Crippen molar-refractivity contribution in [1.82, 2.24) is 0 Å². The summed E-state index contributed by atoms with van der Waals surface area (Å²) >= 11 is 0. The van der Waals surface area contributed by atoms with E-state index in [0.717, 1.165) is 0 Å². The maximum Gasteiger partial charge on any atom is 1.00 e. The van der Waals surface area contributed by atoms with E-state index in [2.05, 4.69) is 13.8 Å². The van der Waals surface area contributed by atoms with Crippen LogP contribution in [0.3, 0.4) is 0 Å². The van der Waals surface area contributed by atoms with Gasteiger partial charge in [0.15, 0.2) is 0 Å². The molecule has 60 valence electrons. The molecule has 0 rings (SSSR count). The van der Waals surface area contributed by atoms with Crippen molar-refractivity contribution >= 4 is 10.4 Å². The minimum atomic E-state index is -4.67. The quantitative estimate of drug-likeness (QED) is 0.371. The molecule has 0 spiro atoms. The van der Waals surface area contributed by atoms with Crippen LogP contribution < -0.4 is 29.6 Å². The molecule has 0 unspecified atom stereocenters. The molecule has 0 atom stereocenters. The van der Waals surface area contributed by atoms with E-state index in [9.17, 15) is 0 Å². The van der Waals surface area contributed by atoms with Crippen LogP contribution in [-0.2, 0) is 10.4 Å². The van der Waals surface area contributed by atoms with Crippen molar-refractivity contribution in [2.45, 2.75) is 26.7 Å². The second kappa shape index (κ2) is 9.87. The molecule has 0 saturated carbocycles. The normalized spacial score (nSPS) is 8.80. The third-order valence-electron chi connectivity index (χ3n) is 0.500. The number of hydrogen-bond acceptors (Lipinski definition) is 2. The Balaban J connectivity index is -0.0000000383. The van der Waals surface area contributed by atoms with E-state index in [1.807, 2.05) is 0 Å². The molecule has 10 heavy (non-hydrogen) atoms. The van der Waals surface area contributed by atoms with Gasteiger partial charge < -0.3 is 1.43 Å². The van der Waals surface area contributed by atoms with Gasteiger partial charge in [0.1, 0.15) is 0 Å². The Kier molecular flexibility index (Phi) is 16.9. The molecule has 6 heteroatoms. The van der Waals surface area contributed by atoms with Crippen LogP contribution in [0.1, 0.15) is 28.1 Å². The standard InChI is InChI=1S/C4H10.Na.H2O4S.H/c1-3-4-2;;1-5(2,3)4;/h3-4H2,1-2H3;;(H2,1,2,3,4);/q;+1;;-1. The van der Waals surface area contributed by atoms with Crippen LogP contribution in [0.15, 0.2) is 0 Å². The van der Waals surface area contributed by atoms with Crippen molar-refractivity contribution in [2.75, 3.05) is 0 Å². The van der Waals surface area contributed by atoms with Gasteiger partial charge in [-0.25, -0.2) is 0 Å². The van der Waals surface area contributed by atoms with Gasteiger partial charge in [-0.2, -0.15) is 8.42 Å². The van der Waals surface area contributed by atoms with E-state index in [1.165, 1.54) is 12.8 Å². The molecule has 0 fully saturated rings. The fourth-order valence-electron chi connectivity index (χ4n) is 0. The van der Waals surface area contributed by atoms with Crippen molar-refractivity contribution in [1.29, 1.82) is 0 Å². The van der Waals surface area contributed by atoms with E-state index in [0.29, 0.717) is 0 Å². The van der Waals surface area contributed by atoms with Gasteiger partial charge in [-0.15, -0.1) is 0 Å². The van der Waals surface area contributed by atoms with Gasteiger partial charge >= 0.3 is 40.0 Å². The molecular formula is C4H13NaO4S. The average molecular weight is 180 g/mol. The molecule has 0 heterocycles. The van der Waals surface area contributed by atoms with Gasteiger partial charge in [-0.3, -0.25) is 9.11 Å². The zero-order chi connectivity index (χ0) is 7.91. The van der Waals surface area contributed by atoms with Gasteiger partial charge in [-0.1, -0.05) is 26.7 Å². The summed E-state index contributed by atoms with van der Waals surface area (Å²) in [6, 6.07) is 0. The Labute approximate surface area is 85.4 Å². The zero-order valence-electron chi connectivity index (χ0n) is 7.53. The molecule has 0 aromatic heterocycles. The van der Waals surface area contributed by atoms with Crippen LogP contribution in [-0.4, -0.2) is 17.5 Å². The average Bonchev–Trinajstić information content (AvgIpc) is 1.61. The maximum atomic E-state index is 8.74. The summed E-state index contributed by atoms with van der Waals surface area (Å²) in [5, 5.41) is 0. The largest absolute Gasteiger partial charge is 1.00 e. The first-order chi connectivity index (χ1) is 3.91. The molecule has 0 radical (unpaired) electrons. The minimum Gasteiger partial charge on any atom is -1.00 e. The van der Waals surface area contributed by atoms with E-state index in [1.54, 1.807) is 0 Å². The van der Waals surface area contributed by atoms with Gasteiger partial charge in [0.05, 0.1) is 0 Å². The Bertz CT molecular complexity index is 125. The van der Waals surface area contributed by atoms with E-state index in [-0.39, 0.29) is 31.0 Å². The van der Waals surface area contributed by atoms with Crippen LogP contribution in [0.4, 0.5) is 0 Å². The van der Waals surface area contributed by atoms with Crippen molar-refractivity contribution in [3.8, 4) is 0 Å². The Morgan fingerprint density at radius 2 is 1.30 bits per heavy atom. The summed E-state index contributed by atoms with van der Waals surface area (Å²) in [4.78, 5) is 0. The molecule has 0 bridgehead atoms. The number of rotatable bonds is 1. The van der Waals surface area contributed by atoms with E-state index < -0.39 is 10.4 Å². The molecular weight excluding hydrogens is 167 g/mol. The molecule has 0 aliphatic heterocycles. The van der Waals surface area contributed by atoms with Crippen LogP contribution in [0.5, 0.6) is 0 Å². The second-order valence-corrected chi connectivity index (χ2v) is 2.34. The summed E-state index contributed by atoms with van der Waals surface area (Å²) < 4.78 is 31.6. The van der Waals surface area contributed by atoms with Crippen LogP contribution in [0, 0.1) is 0 Å². The molecule has 0 amide bonds. The van der Waals surface area contributed by atoms with Gasteiger partial charge in [0, 0.05) is 0 Å². The summed E-state index contributed by atoms with van der Waals surface area (Å²) in [6.45, 7) is 4.36. The summed E-state index contributed by atoms with van der Waals surface area (Å²) in [5.74, 6) is 0. The van der Waals surface area contributed by atoms with Gasteiger partial charge in [0.2, 0.25) is 0 Å². The Morgan fingerprint density at radius 1 is 1.20 bits per heavy atom. The van der Waals surface area contributed by atoms with Crippen molar-refractivity contribution in [2.24, 2.45) is 0 Å². The van der Waals surface area contributed by atoms with Crippen molar-refractivity contribution in [3.63, 3.8) is 0 Å². The second-order valence-electron chi connectivity index (χ2n) is 1.45. The topological polar surface area (TPSA) is 74.6 Å². The SMILES string of the molecule is CCCC.O=S(=O)(O)O.[H-].[Na+]. The van der Waals surface area contributed by atoms with E-state index in [4.69, 9.17) is 17.5 Å². The predicted octanol–water partition coefficient (Wildman–Crippen LogP) is -1.73. The molecule has 2 N–H and O–H groups in total. The molecule has 4 nitrogen and oxygen atoms in total. The van der Waals surface area contributed by atoms with Crippen LogP contribution in [0.2, 0.25) is 0 Å². The van der Waals surface area contributed by atoms with Crippen molar-refractivity contribution in [3.05, 3.63) is 0 Å². The summed E-state index contributed by atoms with van der Waals surface area (Å²) in [6.07, 6.45) is 2.64. The monoisotopic (exact) mass is 180 g/mol. The van der Waals surface area contributed by atoms with E-state index >= 15 is 0 Å². The van der Waals surface area contributed by atoms with Crippen LogP contribution in [0.25, 0.3) is 0 Å². The summed E-state index contributed by atoms with van der Waals surface area (Å²) in [7, 11) is -4.67. The number of unbranched alkanes of at least 4 members (excludes halogenated alkanes) is 1. The number of hydrogen-bond donors (Lipinski definition) is 2. The molecule has 0 aliphatic rings. The van der Waals surface area contributed by atoms with Gasteiger partial charge in [0.25, 0.3) is 0 Å². The molecule has 0 aliphatic carbocycles. The zero-order valence-corrected chi connectivity index (χ0v) is 9.35. The minimum absolute atomic E-state index is 0. The van der Waals surface area contributed by atoms with Crippen LogP contribution >= 0.6 is 0 Å². The van der Waals surface area contributed by atoms with Gasteiger partial charge in [-0.05, 0) is 0 Å². The molecule has 0 saturated heterocycles. The summed E-state index contributed by atoms with van der Waals surface area (Å²) in [5.41, 5.74) is 0. The first-order valence-electron chi connectivity index (χ1n) is 2.61. The molecule has 0 aromatic carbocycles. The third kappa shape index (κ3) is 157. The smallest absolute Gasteiger partial charge is 1.00 e. The first kappa shape index (κ1) is 17.1. The first-order valence-corrected chi connectivity index (χ1v) is 4.01.